The molecule has 3 N–H and O–H groups in total. The van der Waals surface area contributed by atoms with E-state index in [1.807, 2.05) is 68.5 Å². The minimum absolute atomic E-state index is 0.0506. The summed E-state index contributed by atoms with van der Waals surface area (Å²) in [6.07, 6.45) is 9.13. The molecule has 0 saturated carbocycles. The normalized spacial score (nSPS) is 11.5. The Kier molecular flexibility index (Phi) is 8.03. The van der Waals surface area contributed by atoms with Crippen molar-refractivity contribution in [2.75, 3.05) is 7.11 Å². The minimum atomic E-state index is -0.0781. The third kappa shape index (κ3) is 6.56. The Labute approximate surface area is 194 Å². The van der Waals surface area contributed by atoms with Gasteiger partial charge in [-0.05, 0) is 59.4 Å². The van der Waals surface area contributed by atoms with Crippen LogP contribution in [-0.2, 0) is 0 Å². The van der Waals surface area contributed by atoms with Gasteiger partial charge >= 0.3 is 0 Å². The highest BCUT2D eigenvalue weighted by Crippen LogP contribution is 2.38. The van der Waals surface area contributed by atoms with E-state index in [-0.39, 0.29) is 29.1 Å². The second-order valence-corrected chi connectivity index (χ2v) is 7.74. The summed E-state index contributed by atoms with van der Waals surface area (Å²) in [5, 5.41) is 30.4. The Morgan fingerprint density at radius 1 is 0.697 bits per heavy atom. The number of benzene rings is 3. The van der Waals surface area contributed by atoms with Crippen LogP contribution in [0.4, 0.5) is 0 Å². The summed E-state index contributed by atoms with van der Waals surface area (Å²) in [6.45, 7) is 4.01. The summed E-state index contributed by atoms with van der Waals surface area (Å²) in [4.78, 5) is 0. The quantitative estimate of drug-likeness (QED) is 0.318. The summed E-state index contributed by atoms with van der Waals surface area (Å²) in [5.41, 5.74) is 3.49. The van der Waals surface area contributed by atoms with E-state index in [1.165, 1.54) is 0 Å². The van der Waals surface area contributed by atoms with Gasteiger partial charge in [0, 0.05) is 6.07 Å². The summed E-state index contributed by atoms with van der Waals surface area (Å²) >= 11 is 0. The zero-order valence-corrected chi connectivity index (χ0v) is 19.2. The number of hydrogen-bond donors (Lipinski definition) is 3. The van der Waals surface area contributed by atoms with Gasteiger partial charge < -0.3 is 24.8 Å². The van der Waals surface area contributed by atoms with E-state index in [0.717, 1.165) is 29.5 Å². The first kappa shape index (κ1) is 23.8. The van der Waals surface area contributed by atoms with Crippen LogP contribution >= 0.6 is 0 Å². The molecule has 0 unspecified atom stereocenters. The summed E-state index contributed by atoms with van der Waals surface area (Å²) in [6, 6.07) is 16.2. The molecule has 0 heterocycles. The van der Waals surface area contributed by atoms with Crippen LogP contribution in [0.15, 0.2) is 54.6 Å². The third-order valence-electron chi connectivity index (χ3n) is 5.29. The first-order valence-corrected chi connectivity index (χ1v) is 11.0. The van der Waals surface area contributed by atoms with Crippen LogP contribution < -0.4 is 9.47 Å². The average Bonchev–Trinajstić information content (AvgIpc) is 2.81. The van der Waals surface area contributed by atoms with Gasteiger partial charge in [0.05, 0.1) is 13.2 Å². The second kappa shape index (κ2) is 11.1. The van der Waals surface area contributed by atoms with Crippen LogP contribution in [-0.4, -0.2) is 28.5 Å². The van der Waals surface area contributed by atoms with Crippen molar-refractivity contribution in [2.24, 2.45) is 0 Å². The van der Waals surface area contributed by atoms with Gasteiger partial charge in [0.25, 0.3) is 0 Å². The van der Waals surface area contributed by atoms with Gasteiger partial charge in [0.1, 0.15) is 11.5 Å². The molecule has 5 heteroatoms. The number of methoxy groups -OCH3 is 1. The molecule has 33 heavy (non-hydrogen) atoms. The number of ether oxygens (including phenoxy) is 2. The molecule has 0 spiro atoms. The van der Waals surface area contributed by atoms with E-state index in [4.69, 9.17) is 9.47 Å². The fourth-order valence-corrected chi connectivity index (χ4v) is 3.38. The Hall–Kier alpha value is -3.86. The van der Waals surface area contributed by atoms with Gasteiger partial charge in [-0.2, -0.15) is 0 Å². The van der Waals surface area contributed by atoms with E-state index in [1.54, 1.807) is 31.4 Å². The van der Waals surface area contributed by atoms with Crippen LogP contribution in [0.3, 0.4) is 0 Å². The molecule has 0 radical (unpaired) electrons. The predicted octanol–water partition coefficient (Wildman–Crippen LogP) is 6.72. The molecule has 0 bridgehead atoms. The molecular weight excluding hydrogens is 416 g/mol. The lowest BCUT2D eigenvalue weighted by atomic mass is 10.1. The lowest BCUT2D eigenvalue weighted by Crippen LogP contribution is -2.13. The average molecular weight is 447 g/mol. The molecule has 0 saturated heterocycles. The molecule has 0 fully saturated rings. The monoisotopic (exact) mass is 446 g/mol. The minimum Gasteiger partial charge on any atom is -0.508 e. The molecule has 0 amide bonds. The zero-order chi connectivity index (χ0) is 23.8. The van der Waals surface area contributed by atoms with Crippen LogP contribution in [0, 0.1) is 0 Å². The molecule has 172 valence electrons. The number of aromatic hydroxyl groups is 3. The van der Waals surface area contributed by atoms with Crippen LogP contribution in [0.2, 0.25) is 0 Å². The van der Waals surface area contributed by atoms with Crippen molar-refractivity contribution < 1.29 is 24.8 Å². The Bertz CT molecular complexity index is 1100. The smallest absolute Gasteiger partial charge is 0.203 e. The van der Waals surface area contributed by atoms with Crippen molar-refractivity contribution in [1.29, 1.82) is 0 Å². The standard InChI is InChI=1S/C28H30O5/c1-4-24(5-2)33-28-26(30)16-22(17-27(28)31)13-11-20-8-6-19(7-9-20)10-12-21-14-23(29)18-25(15-21)32-3/h6-18,24,29-31H,4-5H2,1-3H3/b12-10+,13-11+. The maximum Gasteiger partial charge on any atom is 0.203 e. The molecule has 3 aromatic rings. The largest absolute Gasteiger partial charge is 0.508 e. The number of phenolic OH excluding ortho intramolecular Hbond substituents is 3. The van der Waals surface area contributed by atoms with E-state index in [9.17, 15) is 15.3 Å². The summed E-state index contributed by atoms with van der Waals surface area (Å²) in [7, 11) is 1.56. The number of hydrogen-bond acceptors (Lipinski definition) is 5. The molecular formula is C28H30O5. The Morgan fingerprint density at radius 2 is 1.18 bits per heavy atom. The van der Waals surface area contributed by atoms with Crippen molar-refractivity contribution in [3.8, 4) is 28.7 Å². The SMILES string of the molecule is CCC(CC)Oc1c(O)cc(/C=C/c2ccc(/C=C/c3cc(O)cc(OC)c3)cc2)cc1O. The highest BCUT2D eigenvalue weighted by atomic mass is 16.5. The molecule has 5 nitrogen and oxygen atoms in total. The first-order chi connectivity index (χ1) is 15.9. The maximum atomic E-state index is 10.3. The third-order valence-corrected chi connectivity index (χ3v) is 5.29. The van der Waals surface area contributed by atoms with Gasteiger partial charge in [-0.25, -0.2) is 0 Å². The van der Waals surface area contributed by atoms with Gasteiger partial charge in [0.2, 0.25) is 5.75 Å². The fourth-order valence-electron chi connectivity index (χ4n) is 3.38. The lowest BCUT2D eigenvalue weighted by Gasteiger charge is -2.17. The first-order valence-electron chi connectivity index (χ1n) is 11.0. The van der Waals surface area contributed by atoms with E-state index in [0.29, 0.717) is 11.3 Å². The molecule has 0 aromatic heterocycles. The van der Waals surface area contributed by atoms with E-state index < -0.39 is 0 Å². The van der Waals surface area contributed by atoms with Gasteiger partial charge in [-0.15, -0.1) is 0 Å². The van der Waals surface area contributed by atoms with Crippen molar-refractivity contribution in [2.45, 2.75) is 32.8 Å². The Morgan fingerprint density at radius 3 is 1.67 bits per heavy atom. The molecule has 0 aliphatic heterocycles. The molecule has 0 aliphatic carbocycles. The highest BCUT2D eigenvalue weighted by molar-refractivity contribution is 5.75. The topological polar surface area (TPSA) is 79.2 Å². The van der Waals surface area contributed by atoms with Crippen molar-refractivity contribution >= 4 is 24.3 Å². The van der Waals surface area contributed by atoms with Gasteiger partial charge in [-0.1, -0.05) is 62.4 Å². The van der Waals surface area contributed by atoms with Crippen LogP contribution in [0.5, 0.6) is 28.7 Å². The van der Waals surface area contributed by atoms with Crippen LogP contribution in [0.1, 0.15) is 48.9 Å². The number of phenols is 3. The summed E-state index contributed by atoms with van der Waals surface area (Å²) in [5.74, 6) is 0.724. The van der Waals surface area contributed by atoms with Crippen LogP contribution in [0.25, 0.3) is 24.3 Å². The predicted molar refractivity (Wildman–Crippen MR) is 134 cm³/mol. The van der Waals surface area contributed by atoms with E-state index >= 15 is 0 Å². The fraction of sp³-hybridized carbons (Fsp3) is 0.214. The maximum absolute atomic E-state index is 10.3. The summed E-state index contributed by atoms with van der Waals surface area (Å²) < 4.78 is 10.9. The molecule has 3 rings (SSSR count). The van der Waals surface area contributed by atoms with Crippen molar-refractivity contribution in [3.63, 3.8) is 0 Å². The van der Waals surface area contributed by atoms with Crippen molar-refractivity contribution in [3.05, 3.63) is 76.9 Å². The Balaban J connectivity index is 1.69. The van der Waals surface area contributed by atoms with E-state index in [2.05, 4.69) is 0 Å². The lowest BCUT2D eigenvalue weighted by molar-refractivity contribution is 0.178. The van der Waals surface area contributed by atoms with Gasteiger partial charge in [-0.3, -0.25) is 0 Å². The molecule has 0 atom stereocenters. The van der Waals surface area contributed by atoms with Crippen molar-refractivity contribution in [1.82, 2.24) is 0 Å². The second-order valence-electron chi connectivity index (χ2n) is 7.74. The highest BCUT2D eigenvalue weighted by Gasteiger charge is 2.14. The zero-order valence-electron chi connectivity index (χ0n) is 19.2. The molecule has 0 aliphatic rings. The molecule has 3 aromatic carbocycles. The van der Waals surface area contributed by atoms with Gasteiger partial charge in [0.15, 0.2) is 11.5 Å². The number of rotatable bonds is 9.